The summed E-state index contributed by atoms with van der Waals surface area (Å²) in [5, 5.41) is 10.5. The minimum absolute atomic E-state index is 0.0571. The molecule has 0 bridgehead atoms. The standard InChI is InChI=1S/C19H17N5O4/c1-11-21-17(28-23-11)10-20-16(25)9-14-18(26)24(19(27)22-14)15-8-4-6-12-5-2-3-7-13(12)15/h2-8,14H,9-10H2,1H3,(H,20,25)(H,22,27). The number of hydrogen-bond donors (Lipinski definition) is 2. The second-order valence-electron chi connectivity index (χ2n) is 6.39. The quantitative estimate of drug-likeness (QED) is 0.651. The molecule has 2 N–H and O–H groups in total. The van der Waals surface area contributed by atoms with E-state index in [0.717, 1.165) is 15.7 Å². The first-order valence-corrected chi connectivity index (χ1v) is 8.71. The lowest BCUT2D eigenvalue weighted by atomic mass is 10.1. The highest BCUT2D eigenvalue weighted by Gasteiger charge is 2.40. The Bertz CT molecular complexity index is 1070. The molecule has 9 heteroatoms. The van der Waals surface area contributed by atoms with Crippen molar-refractivity contribution in [3.05, 3.63) is 54.2 Å². The summed E-state index contributed by atoms with van der Waals surface area (Å²) >= 11 is 0. The summed E-state index contributed by atoms with van der Waals surface area (Å²) < 4.78 is 4.92. The highest BCUT2D eigenvalue weighted by atomic mass is 16.5. The molecule has 0 radical (unpaired) electrons. The van der Waals surface area contributed by atoms with Crippen molar-refractivity contribution < 1.29 is 18.9 Å². The van der Waals surface area contributed by atoms with Crippen LogP contribution in [-0.4, -0.2) is 34.0 Å². The lowest BCUT2D eigenvalue weighted by molar-refractivity contribution is -0.125. The van der Waals surface area contributed by atoms with Gasteiger partial charge in [-0.2, -0.15) is 4.98 Å². The summed E-state index contributed by atoms with van der Waals surface area (Å²) in [7, 11) is 0. The molecule has 1 aliphatic heterocycles. The number of aryl methyl sites for hydroxylation is 1. The lowest BCUT2D eigenvalue weighted by Gasteiger charge is -2.15. The topological polar surface area (TPSA) is 117 Å². The van der Waals surface area contributed by atoms with Gasteiger partial charge in [-0.3, -0.25) is 9.59 Å². The zero-order chi connectivity index (χ0) is 19.7. The van der Waals surface area contributed by atoms with E-state index in [1.807, 2.05) is 30.3 Å². The van der Waals surface area contributed by atoms with Crippen LogP contribution in [0.1, 0.15) is 18.1 Å². The Morgan fingerprint density at radius 2 is 2.00 bits per heavy atom. The third kappa shape index (κ3) is 3.29. The maximum atomic E-state index is 12.8. The van der Waals surface area contributed by atoms with E-state index in [9.17, 15) is 14.4 Å². The molecule has 0 saturated carbocycles. The van der Waals surface area contributed by atoms with Crippen molar-refractivity contribution in [2.24, 2.45) is 0 Å². The van der Waals surface area contributed by atoms with Gasteiger partial charge in [-0.25, -0.2) is 9.69 Å². The minimum atomic E-state index is -0.934. The molecule has 2 heterocycles. The van der Waals surface area contributed by atoms with Crippen LogP contribution in [0, 0.1) is 6.92 Å². The molecule has 4 amide bonds. The molecule has 4 rings (SSSR count). The molecular formula is C19H17N5O4. The first kappa shape index (κ1) is 17.7. The van der Waals surface area contributed by atoms with Gasteiger partial charge in [0.05, 0.1) is 18.7 Å². The number of anilines is 1. The van der Waals surface area contributed by atoms with Crippen LogP contribution < -0.4 is 15.5 Å². The van der Waals surface area contributed by atoms with E-state index >= 15 is 0 Å². The monoisotopic (exact) mass is 379 g/mol. The Balaban J connectivity index is 1.47. The average molecular weight is 379 g/mol. The molecule has 1 atom stereocenters. The van der Waals surface area contributed by atoms with E-state index < -0.39 is 23.9 Å². The maximum Gasteiger partial charge on any atom is 0.329 e. The van der Waals surface area contributed by atoms with Crippen LogP contribution in [0.5, 0.6) is 0 Å². The van der Waals surface area contributed by atoms with Crippen LogP contribution >= 0.6 is 0 Å². The van der Waals surface area contributed by atoms with E-state index in [1.54, 1.807) is 19.1 Å². The molecule has 142 valence electrons. The number of benzene rings is 2. The van der Waals surface area contributed by atoms with Crippen molar-refractivity contribution in [3.8, 4) is 0 Å². The van der Waals surface area contributed by atoms with Gasteiger partial charge < -0.3 is 15.2 Å². The van der Waals surface area contributed by atoms with Crippen molar-refractivity contribution in [2.45, 2.75) is 25.9 Å². The molecule has 2 aromatic carbocycles. The number of carbonyl (C=O) groups excluding carboxylic acids is 3. The highest BCUT2D eigenvalue weighted by Crippen LogP contribution is 2.29. The van der Waals surface area contributed by atoms with Crippen molar-refractivity contribution in [1.82, 2.24) is 20.8 Å². The van der Waals surface area contributed by atoms with Gasteiger partial charge >= 0.3 is 6.03 Å². The Kier molecular flexibility index (Phi) is 4.48. The van der Waals surface area contributed by atoms with E-state index in [0.29, 0.717) is 11.5 Å². The molecule has 0 spiro atoms. The molecule has 0 aliphatic carbocycles. The molecule has 1 aliphatic rings. The Morgan fingerprint density at radius 3 is 2.79 bits per heavy atom. The Labute approximate surface area is 159 Å². The molecule has 3 aromatic rings. The van der Waals surface area contributed by atoms with Crippen LogP contribution in [0.15, 0.2) is 47.0 Å². The number of nitrogens with one attached hydrogen (secondary N) is 2. The van der Waals surface area contributed by atoms with Gasteiger partial charge in [-0.05, 0) is 18.4 Å². The molecule has 9 nitrogen and oxygen atoms in total. The molecule has 1 saturated heterocycles. The third-order valence-electron chi connectivity index (χ3n) is 4.42. The SMILES string of the molecule is Cc1noc(CNC(=O)CC2NC(=O)N(c3cccc4ccccc34)C2=O)n1. The summed E-state index contributed by atoms with van der Waals surface area (Å²) in [5.74, 6) is -0.141. The first-order valence-electron chi connectivity index (χ1n) is 8.71. The predicted octanol–water partition coefficient (Wildman–Crippen LogP) is 1.66. The molecule has 1 unspecified atom stereocenters. The van der Waals surface area contributed by atoms with Crippen molar-refractivity contribution in [3.63, 3.8) is 0 Å². The van der Waals surface area contributed by atoms with Crippen LogP contribution in [0.3, 0.4) is 0 Å². The van der Waals surface area contributed by atoms with Gasteiger partial charge in [-0.1, -0.05) is 41.6 Å². The number of imide groups is 1. The van der Waals surface area contributed by atoms with Gasteiger partial charge in [-0.15, -0.1) is 0 Å². The summed E-state index contributed by atoms with van der Waals surface area (Å²) in [6.07, 6.45) is -0.182. The number of amides is 4. The van der Waals surface area contributed by atoms with Crippen LogP contribution in [-0.2, 0) is 16.1 Å². The summed E-state index contributed by atoms with van der Waals surface area (Å²) in [4.78, 5) is 42.5. The van der Waals surface area contributed by atoms with Gasteiger partial charge in [0.25, 0.3) is 5.91 Å². The normalized spacial score (nSPS) is 16.5. The summed E-state index contributed by atoms with van der Waals surface area (Å²) in [6, 6.07) is 11.4. The number of rotatable bonds is 5. The second-order valence-corrected chi connectivity index (χ2v) is 6.39. The average Bonchev–Trinajstić information content (AvgIpc) is 3.22. The van der Waals surface area contributed by atoms with E-state index in [2.05, 4.69) is 20.8 Å². The fraction of sp³-hybridized carbons (Fsp3) is 0.211. The fourth-order valence-corrected chi connectivity index (χ4v) is 3.14. The van der Waals surface area contributed by atoms with Crippen LogP contribution in [0.25, 0.3) is 10.8 Å². The van der Waals surface area contributed by atoms with Gasteiger partial charge in [0, 0.05) is 5.39 Å². The highest BCUT2D eigenvalue weighted by molar-refractivity contribution is 6.24. The first-order chi connectivity index (χ1) is 13.5. The number of urea groups is 1. The predicted molar refractivity (Wildman–Crippen MR) is 99.3 cm³/mol. The van der Waals surface area contributed by atoms with Gasteiger partial charge in [0.2, 0.25) is 11.8 Å². The van der Waals surface area contributed by atoms with Crippen LogP contribution in [0.4, 0.5) is 10.5 Å². The van der Waals surface area contributed by atoms with E-state index in [1.165, 1.54) is 0 Å². The number of hydrogen-bond acceptors (Lipinski definition) is 6. The van der Waals surface area contributed by atoms with Gasteiger partial charge in [0.15, 0.2) is 5.82 Å². The summed E-state index contributed by atoms with van der Waals surface area (Å²) in [6.45, 7) is 1.73. The van der Waals surface area contributed by atoms with E-state index in [4.69, 9.17) is 4.52 Å². The number of aromatic nitrogens is 2. The molecule has 28 heavy (non-hydrogen) atoms. The van der Waals surface area contributed by atoms with E-state index in [-0.39, 0.29) is 18.9 Å². The Morgan fingerprint density at radius 1 is 1.21 bits per heavy atom. The fourth-order valence-electron chi connectivity index (χ4n) is 3.14. The largest absolute Gasteiger partial charge is 0.347 e. The zero-order valence-corrected chi connectivity index (χ0v) is 15.0. The van der Waals surface area contributed by atoms with Crippen LogP contribution in [0.2, 0.25) is 0 Å². The molecular weight excluding hydrogens is 362 g/mol. The number of carbonyl (C=O) groups is 3. The zero-order valence-electron chi connectivity index (χ0n) is 15.0. The smallest absolute Gasteiger partial charge is 0.329 e. The molecule has 1 fully saturated rings. The van der Waals surface area contributed by atoms with Gasteiger partial charge in [0.1, 0.15) is 6.04 Å². The molecule has 1 aromatic heterocycles. The van der Waals surface area contributed by atoms with Crippen molar-refractivity contribution in [2.75, 3.05) is 4.90 Å². The van der Waals surface area contributed by atoms with Crippen molar-refractivity contribution >= 4 is 34.3 Å². The number of fused-ring (bicyclic) bond motifs is 1. The minimum Gasteiger partial charge on any atom is -0.347 e. The van der Waals surface area contributed by atoms with Crippen molar-refractivity contribution in [1.29, 1.82) is 0 Å². The second kappa shape index (κ2) is 7.10. The number of nitrogens with zero attached hydrogens (tertiary/aromatic N) is 3. The maximum absolute atomic E-state index is 12.8. The summed E-state index contributed by atoms with van der Waals surface area (Å²) in [5.41, 5.74) is 0.491. The Hall–Kier alpha value is -3.75. The lowest BCUT2D eigenvalue weighted by Crippen LogP contribution is -2.36. The third-order valence-corrected chi connectivity index (χ3v) is 4.42.